The number of hydrogen-bond acceptors (Lipinski definition) is 4. The van der Waals surface area contributed by atoms with E-state index in [0.717, 1.165) is 38.3 Å². The van der Waals surface area contributed by atoms with Crippen molar-refractivity contribution in [2.75, 3.05) is 26.2 Å². The fraction of sp³-hybridized carbons (Fsp3) is 0.615. The maximum Gasteiger partial charge on any atom is 0.346 e. The third-order valence-electron chi connectivity index (χ3n) is 3.47. The fourth-order valence-electron chi connectivity index (χ4n) is 2.33. The van der Waals surface area contributed by atoms with Gasteiger partial charge in [-0.2, -0.15) is 0 Å². The largest absolute Gasteiger partial charge is 0.477 e. The highest BCUT2D eigenvalue weighted by Crippen LogP contribution is 2.19. The molecule has 1 N–H and O–H groups in total. The highest BCUT2D eigenvalue weighted by atomic mass is 32.1. The lowest BCUT2D eigenvalue weighted by atomic mass is 10.2. The number of carbonyl (C=O) groups is 1. The summed E-state index contributed by atoms with van der Waals surface area (Å²) in [4.78, 5) is 16.3. The number of hydrogen-bond donors (Lipinski definition) is 1. The second kappa shape index (κ2) is 5.82. The molecular weight excluding hydrogens is 248 g/mol. The summed E-state index contributed by atoms with van der Waals surface area (Å²) in [5.74, 6) is -0.805. The maximum absolute atomic E-state index is 11.0. The highest BCUT2D eigenvalue weighted by molar-refractivity contribution is 7.12. The summed E-state index contributed by atoms with van der Waals surface area (Å²) in [5.41, 5.74) is 0.950. The summed E-state index contributed by atoms with van der Waals surface area (Å²) in [6.07, 6.45) is 0. The van der Waals surface area contributed by atoms with Crippen LogP contribution in [0, 0.1) is 0 Å². The monoisotopic (exact) mass is 268 g/mol. The molecule has 0 spiro atoms. The van der Waals surface area contributed by atoms with Gasteiger partial charge in [0.1, 0.15) is 4.88 Å². The number of piperazine rings is 1. The van der Waals surface area contributed by atoms with Gasteiger partial charge < -0.3 is 5.11 Å². The molecule has 0 unspecified atom stereocenters. The lowest BCUT2D eigenvalue weighted by molar-refractivity contribution is 0.0697. The average molecular weight is 268 g/mol. The summed E-state index contributed by atoms with van der Waals surface area (Å²) in [6, 6.07) is 2.53. The van der Waals surface area contributed by atoms with Crippen molar-refractivity contribution in [3.63, 3.8) is 0 Å². The van der Waals surface area contributed by atoms with Crippen LogP contribution in [0.15, 0.2) is 11.4 Å². The molecule has 0 radical (unpaired) electrons. The second-order valence-corrected chi connectivity index (χ2v) is 5.90. The van der Waals surface area contributed by atoms with E-state index in [1.807, 2.05) is 11.4 Å². The zero-order valence-corrected chi connectivity index (χ0v) is 11.7. The molecule has 0 amide bonds. The van der Waals surface area contributed by atoms with Gasteiger partial charge in [0.25, 0.3) is 0 Å². The van der Waals surface area contributed by atoms with Crippen molar-refractivity contribution in [3.05, 3.63) is 21.9 Å². The minimum atomic E-state index is -0.805. The molecular formula is C13H20N2O2S. The van der Waals surface area contributed by atoms with Gasteiger partial charge >= 0.3 is 5.97 Å². The number of carboxylic acids is 1. The van der Waals surface area contributed by atoms with E-state index >= 15 is 0 Å². The number of thiophene rings is 1. The predicted octanol–water partition coefficient (Wildman–Crippen LogP) is 1.97. The zero-order valence-electron chi connectivity index (χ0n) is 10.9. The molecule has 0 bridgehead atoms. The molecule has 0 aliphatic carbocycles. The van der Waals surface area contributed by atoms with Gasteiger partial charge in [0, 0.05) is 38.8 Å². The van der Waals surface area contributed by atoms with Gasteiger partial charge in [-0.3, -0.25) is 9.80 Å². The van der Waals surface area contributed by atoms with Crippen molar-refractivity contribution >= 4 is 17.3 Å². The SMILES string of the molecule is CC(C)N1CCN(Cc2ccsc2C(=O)O)CC1. The molecule has 1 fully saturated rings. The molecule has 100 valence electrons. The van der Waals surface area contributed by atoms with Crippen LogP contribution in [0.4, 0.5) is 0 Å². The molecule has 1 aromatic heterocycles. The van der Waals surface area contributed by atoms with E-state index in [1.165, 1.54) is 11.3 Å². The molecule has 0 saturated carbocycles. The maximum atomic E-state index is 11.0. The Balaban J connectivity index is 1.91. The van der Waals surface area contributed by atoms with Gasteiger partial charge in [-0.15, -0.1) is 11.3 Å². The van der Waals surface area contributed by atoms with Crippen LogP contribution in [0.3, 0.4) is 0 Å². The van der Waals surface area contributed by atoms with Crippen molar-refractivity contribution in [2.45, 2.75) is 26.4 Å². The van der Waals surface area contributed by atoms with Crippen LogP contribution in [-0.2, 0) is 6.54 Å². The summed E-state index contributed by atoms with van der Waals surface area (Å²) < 4.78 is 0. The summed E-state index contributed by atoms with van der Waals surface area (Å²) in [7, 11) is 0. The Bertz CT molecular complexity index is 409. The zero-order chi connectivity index (χ0) is 13.1. The van der Waals surface area contributed by atoms with Crippen molar-refractivity contribution in [2.24, 2.45) is 0 Å². The Labute approximate surface area is 112 Å². The standard InChI is InChI=1S/C13H20N2O2S/c1-10(2)15-6-4-14(5-7-15)9-11-3-8-18-12(11)13(16)17/h3,8,10H,4-7,9H2,1-2H3,(H,16,17). The smallest absolute Gasteiger partial charge is 0.346 e. The van der Waals surface area contributed by atoms with Crippen LogP contribution in [0.5, 0.6) is 0 Å². The third kappa shape index (κ3) is 3.10. The Morgan fingerprint density at radius 3 is 2.61 bits per heavy atom. The van der Waals surface area contributed by atoms with E-state index in [2.05, 4.69) is 23.6 Å². The first-order valence-corrected chi connectivity index (χ1v) is 7.22. The lowest BCUT2D eigenvalue weighted by Crippen LogP contribution is -2.48. The molecule has 2 rings (SSSR count). The molecule has 1 aliphatic rings. The van der Waals surface area contributed by atoms with E-state index in [9.17, 15) is 4.79 Å². The van der Waals surface area contributed by atoms with Crippen LogP contribution >= 0.6 is 11.3 Å². The molecule has 5 heteroatoms. The van der Waals surface area contributed by atoms with Crippen LogP contribution in [0.2, 0.25) is 0 Å². The summed E-state index contributed by atoms with van der Waals surface area (Å²) in [5, 5.41) is 10.9. The predicted molar refractivity (Wildman–Crippen MR) is 73.3 cm³/mol. The minimum Gasteiger partial charge on any atom is -0.477 e. The number of nitrogens with zero attached hydrogens (tertiary/aromatic N) is 2. The van der Waals surface area contributed by atoms with Gasteiger partial charge in [0.05, 0.1) is 0 Å². The van der Waals surface area contributed by atoms with Crippen molar-refractivity contribution in [1.29, 1.82) is 0 Å². The molecule has 4 nitrogen and oxygen atoms in total. The Morgan fingerprint density at radius 1 is 1.39 bits per heavy atom. The number of carboxylic acid groups (broad SMARTS) is 1. The van der Waals surface area contributed by atoms with Crippen LogP contribution < -0.4 is 0 Å². The average Bonchev–Trinajstić information content (AvgIpc) is 2.78. The third-order valence-corrected chi connectivity index (χ3v) is 4.42. The molecule has 0 atom stereocenters. The Hall–Kier alpha value is -0.910. The molecule has 0 aromatic carbocycles. The van der Waals surface area contributed by atoms with E-state index in [-0.39, 0.29) is 0 Å². The number of aromatic carboxylic acids is 1. The van der Waals surface area contributed by atoms with Gasteiger partial charge in [0.2, 0.25) is 0 Å². The van der Waals surface area contributed by atoms with E-state index in [0.29, 0.717) is 10.9 Å². The van der Waals surface area contributed by atoms with E-state index in [1.54, 1.807) is 0 Å². The second-order valence-electron chi connectivity index (χ2n) is 4.99. The summed E-state index contributed by atoms with van der Waals surface area (Å²) >= 11 is 1.32. The Morgan fingerprint density at radius 2 is 2.06 bits per heavy atom. The highest BCUT2D eigenvalue weighted by Gasteiger charge is 2.20. The van der Waals surface area contributed by atoms with Gasteiger partial charge in [-0.25, -0.2) is 4.79 Å². The van der Waals surface area contributed by atoms with Crippen molar-refractivity contribution < 1.29 is 9.90 Å². The molecule has 1 aromatic rings. The Kier molecular flexibility index (Phi) is 4.37. The normalized spacial score (nSPS) is 18.4. The first-order chi connectivity index (χ1) is 8.58. The summed E-state index contributed by atoms with van der Waals surface area (Å²) in [6.45, 7) is 9.39. The van der Waals surface area contributed by atoms with Gasteiger partial charge in [-0.1, -0.05) is 0 Å². The van der Waals surface area contributed by atoms with Gasteiger partial charge in [0.15, 0.2) is 0 Å². The molecule has 1 aliphatic heterocycles. The van der Waals surface area contributed by atoms with Crippen LogP contribution in [0.25, 0.3) is 0 Å². The van der Waals surface area contributed by atoms with Crippen LogP contribution in [0.1, 0.15) is 29.1 Å². The van der Waals surface area contributed by atoms with E-state index < -0.39 is 5.97 Å². The quantitative estimate of drug-likeness (QED) is 0.907. The first kappa shape index (κ1) is 13.5. The van der Waals surface area contributed by atoms with Crippen LogP contribution in [-0.4, -0.2) is 53.1 Å². The molecule has 2 heterocycles. The molecule has 1 saturated heterocycles. The molecule has 18 heavy (non-hydrogen) atoms. The van der Waals surface area contributed by atoms with Gasteiger partial charge in [-0.05, 0) is 30.9 Å². The van der Waals surface area contributed by atoms with Crippen molar-refractivity contribution in [3.8, 4) is 0 Å². The minimum absolute atomic E-state index is 0.487. The van der Waals surface area contributed by atoms with E-state index in [4.69, 9.17) is 5.11 Å². The number of rotatable bonds is 4. The fourth-order valence-corrected chi connectivity index (χ4v) is 3.08. The van der Waals surface area contributed by atoms with Crippen molar-refractivity contribution in [1.82, 2.24) is 9.80 Å². The lowest BCUT2D eigenvalue weighted by Gasteiger charge is -2.36. The topological polar surface area (TPSA) is 43.8 Å². The first-order valence-electron chi connectivity index (χ1n) is 6.34.